The van der Waals surface area contributed by atoms with E-state index in [1.165, 1.54) is 6.42 Å². The third-order valence-electron chi connectivity index (χ3n) is 1.79. The normalized spacial score (nSPS) is 26.4. The van der Waals surface area contributed by atoms with Gasteiger partial charge in [-0.1, -0.05) is 5.18 Å². The Morgan fingerprint density at radius 1 is 1.67 bits per heavy atom. The molecule has 1 saturated heterocycles. The van der Waals surface area contributed by atoms with Gasteiger partial charge < -0.3 is 5.32 Å². The van der Waals surface area contributed by atoms with Crippen LogP contribution in [0.4, 0.5) is 0 Å². The predicted molar refractivity (Wildman–Crippen MR) is 36.3 cm³/mol. The number of rotatable bonds is 3. The maximum Gasteiger partial charge on any atom is 0.0814 e. The Labute approximate surface area is 54.8 Å². The lowest BCUT2D eigenvalue weighted by atomic mass is 10.1. The lowest BCUT2D eigenvalue weighted by molar-refractivity contribution is 0.541. The van der Waals surface area contributed by atoms with Crippen LogP contribution in [0.1, 0.15) is 12.8 Å². The van der Waals surface area contributed by atoms with E-state index in [-0.39, 0.29) is 0 Å². The van der Waals surface area contributed by atoms with Gasteiger partial charge in [-0.25, -0.2) is 0 Å². The zero-order chi connectivity index (χ0) is 6.53. The van der Waals surface area contributed by atoms with Crippen LogP contribution in [0, 0.1) is 10.8 Å². The van der Waals surface area contributed by atoms with Crippen LogP contribution in [0.15, 0.2) is 5.18 Å². The zero-order valence-electron chi connectivity index (χ0n) is 5.47. The average molecular weight is 128 g/mol. The lowest BCUT2D eigenvalue weighted by Gasteiger charge is -2.01. The summed E-state index contributed by atoms with van der Waals surface area (Å²) < 4.78 is 0. The molecule has 3 nitrogen and oxygen atoms in total. The van der Waals surface area contributed by atoms with Gasteiger partial charge in [0.05, 0.1) is 6.54 Å². The predicted octanol–water partition coefficient (Wildman–Crippen LogP) is 0.752. The van der Waals surface area contributed by atoms with Gasteiger partial charge in [-0.05, 0) is 31.8 Å². The Balaban J connectivity index is 2.04. The highest BCUT2D eigenvalue weighted by Crippen LogP contribution is 2.11. The molecule has 0 bridgehead atoms. The van der Waals surface area contributed by atoms with Gasteiger partial charge in [-0.15, -0.1) is 0 Å². The minimum Gasteiger partial charge on any atom is -0.316 e. The van der Waals surface area contributed by atoms with Crippen molar-refractivity contribution in [3.05, 3.63) is 4.91 Å². The van der Waals surface area contributed by atoms with Crippen LogP contribution >= 0.6 is 0 Å². The molecule has 0 aromatic rings. The Morgan fingerprint density at radius 2 is 2.56 bits per heavy atom. The first-order valence-electron chi connectivity index (χ1n) is 3.43. The van der Waals surface area contributed by atoms with Gasteiger partial charge in [0.25, 0.3) is 0 Å². The van der Waals surface area contributed by atoms with Gasteiger partial charge in [-0.2, -0.15) is 4.91 Å². The van der Waals surface area contributed by atoms with Crippen molar-refractivity contribution < 1.29 is 0 Å². The van der Waals surface area contributed by atoms with Crippen molar-refractivity contribution >= 4 is 0 Å². The molecule has 52 valence electrons. The maximum atomic E-state index is 9.69. The molecule has 1 aliphatic heterocycles. The van der Waals surface area contributed by atoms with Crippen LogP contribution in [0.2, 0.25) is 0 Å². The van der Waals surface area contributed by atoms with E-state index < -0.39 is 0 Å². The summed E-state index contributed by atoms with van der Waals surface area (Å²) >= 11 is 0. The molecule has 1 atom stereocenters. The summed E-state index contributed by atoms with van der Waals surface area (Å²) in [4.78, 5) is 9.69. The Kier molecular flexibility index (Phi) is 2.64. The molecule has 0 saturated carbocycles. The first-order chi connectivity index (χ1) is 4.43. The zero-order valence-corrected chi connectivity index (χ0v) is 5.47. The minimum absolute atomic E-state index is 0.492. The van der Waals surface area contributed by atoms with Crippen molar-refractivity contribution in [2.45, 2.75) is 12.8 Å². The summed E-state index contributed by atoms with van der Waals surface area (Å²) in [7, 11) is 0. The highest BCUT2D eigenvalue weighted by Gasteiger charge is 2.12. The molecule has 1 unspecified atom stereocenters. The molecular weight excluding hydrogens is 116 g/mol. The fourth-order valence-electron chi connectivity index (χ4n) is 1.20. The second-order valence-corrected chi connectivity index (χ2v) is 2.50. The number of hydrogen-bond acceptors (Lipinski definition) is 3. The molecule has 0 aliphatic carbocycles. The fourth-order valence-corrected chi connectivity index (χ4v) is 1.20. The van der Waals surface area contributed by atoms with E-state index in [0.717, 1.165) is 19.5 Å². The number of nitrogens with one attached hydrogen (secondary N) is 1. The summed E-state index contributed by atoms with van der Waals surface area (Å²) in [6, 6.07) is 0. The summed E-state index contributed by atoms with van der Waals surface area (Å²) in [5, 5.41) is 6.06. The van der Waals surface area contributed by atoms with Crippen molar-refractivity contribution in [2.75, 3.05) is 19.6 Å². The third kappa shape index (κ3) is 2.10. The average Bonchev–Trinajstić information content (AvgIpc) is 2.34. The molecule has 3 heteroatoms. The van der Waals surface area contributed by atoms with E-state index in [1.54, 1.807) is 0 Å². The molecule has 0 amide bonds. The summed E-state index contributed by atoms with van der Waals surface area (Å²) in [5.74, 6) is 0.711. The summed E-state index contributed by atoms with van der Waals surface area (Å²) in [5.41, 5.74) is 0. The Bertz CT molecular complexity index is 89.1. The van der Waals surface area contributed by atoms with E-state index in [1.807, 2.05) is 0 Å². The van der Waals surface area contributed by atoms with Crippen LogP contribution in [-0.2, 0) is 0 Å². The largest absolute Gasteiger partial charge is 0.316 e. The summed E-state index contributed by atoms with van der Waals surface area (Å²) in [6.45, 7) is 2.69. The molecule has 0 aromatic carbocycles. The molecule has 1 rings (SSSR count). The fraction of sp³-hybridized carbons (Fsp3) is 1.00. The summed E-state index contributed by atoms with van der Waals surface area (Å²) in [6.07, 6.45) is 2.19. The third-order valence-corrected chi connectivity index (χ3v) is 1.79. The van der Waals surface area contributed by atoms with Gasteiger partial charge in [0.15, 0.2) is 0 Å². The minimum atomic E-state index is 0.492. The lowest BCUT2D eigenvalue weighted by Crippen LogP contribution is -2.09. The quantitative estimate of drug-likeness (QED) is 0.570. The number of nitroso groups, excluding NO2 is 1. The first-order valence-corrected chi connectivity index (χ1v) is 3.43. The topological polar surface area (TPSA) is 41.5 Å². The molecule has 1 heterocycles. The molecule has 1 aliphatic rings. The van der Waals surface area contributed by atoms with E-state index in [0.29, 0.717) is 12.5 Å². The second-order valence-electron chi connectivity index (χ2n) is 2.50. The van der Waals surface area contributed by atoms with Crippen molar-refractivity contribution in [1.29, 1.82) is 0 Å². The standard InChI is InChI=1S/C6H12N2O/c9-8-4-2-6-1-3-7-5-6/h6-7H,1-5H2. The molecule has 0 aromatic heterocycles. The van der Waals surface area contributed by atoms with Crippen molar-refractivity contribution in [3.63, 3.8) is 0 Å². The molecule has 0 radical (unpaired) electrons. The van der Waals surface area contributed by atoms with Crippen LogP contribution in [-0.4, -0.2) is 19.6 Å². The van der Waals surface area contributed by atoms with Gasteiger partial charge in [-0.3, -0.25) is 0 Å². The molecule has 0 spiro atoms. The SMILES string of the molecule is O=NCCC1CCNC1. The van der Waals surface area contributed by atoms with E-state index in [9.17, 15) is 4.91 Å². The molecular formula is C6H12N2O. The monoisotopic (exact) mass is 128 g/mol. The van der Waals surface area contributed by atoms with Gasteiger partial charge in [0, 0.05) is 0 Å². The molecule has 1 N–H and O–H groups in total. The van der Waals surface area contributed by atoms with E-state index in [4.69, 9.17) is 0 Å². The van der Waals surface area contributed by atoms with Crippen molar-refractivity contribution in [1.82, 2.24) is 5.32 Å². The van der Waals surface area contributed by atoms with E-state index >= 15 is 0 Å². The van der Waals surface area contributed by atoms with Crippen molar-refractivity contribution in [3.8, 4) is 0 Å². The second kappa shape index (κ2) is 3.56. The highest BCUT2D eigenvalue weighted by molar-refractivity contribution is 4.71. The number of nitrogens with zero attached hydrogens (tertiary/aromatic N) is 1. The maximum absolute atomic E-state index is 9.69. The van der Waals surface area contributed by atoms with Crippen LogP contribution in [0.5, 0.6) is 0 Å². The number of hydrogen-bond donors (Lipinski definition) is 1. The smallest absolute Gasteiger partial charge is 0.0814 e. The highest BCUT2D eigenvalue weighted by atomic mass is 16.3. The van der Waals surface area contributed by atoms with Gasteiger partial charge in [0.2, 0.25) is 0 Å². The van der Waals surface area contributed by atoms with Gasteiger partial charge in [0.1, 0.15) is 0 Å². The van der Waals surface area contributed by atoms with Gasteiger partial charge >= 0.3 is 0 Å². The Hall–Kier alpha value is -0.440. The Morgan fingerprint density at radius 3 is 3.11 bits per heavy atom. The van der Waals surface area contributed by atoms with E-state index in [2.05, 4.69) is 10.5 Å². The molecule has 9 heavy (non-hydrogen) atoms. The van der Waals surface area contributed by atoms with Crippen LogP contribution in [0.3, 0.4) is 0 Å². The van der Waals surface area contributed by atoms with Crippen molar-refractivity contribution in [2.24, 2.45) is 11.1 Å². The first kappa shape index (κ1) is 6.68. The van der Waals surface area contributed by atoms with Crippen LogP contribution in [0.25, 0.3) is 0 Å². The molecule has 1 fully saturated rings. The van der Waals surface area contributed by atoms with Crippen LogP contribution < -0.4 is 5.32 Å².